The van der Waals surface area contributed by atoms with Crippen LogP contribution in [0, 0.1) is 6.92 Å². The number of nitrogens with two attached hydrogens (primary N) is 1. The highest BCUT2D eigenvalue weighted by atomic mass is 32.2. The van der Waals surface area contributed by atoms with E-state index in [0.29, 0.717) is 11.6 Å². The van der Waals surface area contributed by atoms with Crippen LogP contribution in [0.15, 0.2) is 29.7 Å². The third kappa shape index (κ3) is 2.90. The predicted octanol–water partition coefficient (Wildman–Crippen LogP) is 1.45. The van der Waals surface area contributed by atoms with Gasteiger partial charge in [-0.05, 0) is 13.0 Å². The molecule has 0 bridgehead atoms. The van der Waals surface area contributed by atoms with Crippen molar-refractivity contribution in [3.8, 4) is 0 Å². The number of anilines is 1. The lowest BCUT2D eigenvalue weighted by molar-refractivity contribution is 0.994. The normalized spacial score (nSPS) is 10.3. The van der Waals surface area contributed by atoms with E-state index in [4.69, 9.17) is 5.73 Å². The quantitative estimate of drug-likeness (QED) is 0.638. The van der Waals surface area contributed by atoms with Crippen LogP contribution in [0.5, 0.6) is 0 Å². The first kappa shape index (κ1) is 10.8. The van der Waals surface area contributed by atoms with Crippen molar-refractivity contribution in [2.45, 2.75) is 17.7 Å². The van der Waals surface area contributed by atoms with Gasteiger partial charge >= 0.3 is 0 Å². The van der Waals surface area contributed by atoms with Crippen molar-refractivity contribution < 1.29 is 0 Å². The van der Waals surface area contributed by atoms with Crippen molar-refractivity contribution in [3.63, 3.8) is 0 Å². The molecule has 0 spiro atoms. The third-order valence-corrected chi connectivity index (χ3v) is 2.76. The minimum Gasteiger partial charge on any atom is -0.384 e. The first-order chi connectivity index (χ1) is 7.74. The van der Waals surface area contributed by atoms with Gasteiger partial charge in [0.25, 0.3) is 0 Å². The molecule has 0 amide bonds. The highest BCUT2D eigenvalue weighted by Gasteiger charge is 2.02. The minimum atomic E-state index is 0.505. The van der Waals surface area contributed by atoms with Crippen LogP contribution in [0.3, 0.4) is 0 Å². The molecule has 0 aliphatic heterocycles. The first-order valence-corrected chi connectivity index (χ1v) is 5.71. The molecule has 0 unspecified atom stereocenters. The summed E-state index contributed by atoms with van der Waals surface area (Å²) in [6.07, 6.45) is 3.23. The van der Waals surface area contributed by atoms with Gasteiger partial charge in [-0.2, -0.15) is 0 Å². The van der Waals surface area contributed by atoms with Crippen molar-refractivity contribution in [1.29, 1.82) is 0 Å². The van der Waals surface area contributed by atoms with E-state index in [0.717, 1.165) is 16.5 Å². The number of rotatable bonds is 3. The van der Waals surface area contributed by atoms with E-state index in [1.807, 2.05) is 13.0 Å². The summed E-state index contributed by atoms with van der Waals surface area (Å²) in [7, 11) is 0. The maximum absolute atomic E-state index is 5.64. The summed E-state index contributed by atoms with van der Waals surface area (Å²) in [6, 6.07) is 3.60. The molecule has 0 aromatic carbocycles. The van der Waals surface area contributed by atoms with Crippen molar-refractivity contribution in [3.05, 3.63) is 36.2 Å². The van der Waals surface area contributed by atoms with Crippen LogP contribution in [0.25, 0.3) is 0 Å². The maximum Gasteiger partial charge on any atom is 0.141 e. The van der Waals surface area contributed by atoms with Crippen molar-refractivity contribution in [2.24, 2.45) is 0 Å². The highest BCUT2D eigenvalue weighted by molar-refractivity contribution is 7.98. The number of aryl methyl sites for hydroxylation is 1. The molecule has 2 aromatic rings. The number of nitrogen functional groups attached to an aromatic ring is 1. The average molecular weight is 233 g/mol. The molecule has 2 N–H and O–H groups in total. The van der Waals surface area contributed by atoms with E-state index in [-0.39, 0.29) is 0 Å². The fourth-order valence-electron chi connectivity index (χ4n) is 1.22. The molecule has 2 rings (SSSR count). The summed E-state index contributed by atoms with van der Waals surface area (Å²) in [5.74, 6) is 1.88. The Balaban J connectivity index is 2.05. The summed E-state index contributed by atoms with van der Waals surface area (Å²) in [4.78, 5) is 16.4. The molecule has 0 atom stereocenters. The van der Waals surface area contributed by atoms with Gasteiger partial charge in [0.05, 0.1) is 10.8 Å². The van der Waals surface area contributed by atoms with Gasteiger partial charge in [0, 0.05) is 18.0 Å². The van der Waals surface area contributed by atoms with Gasteiger partial charge in [-0.3, -0.25) is 0 Å². The summed E-state index contributed by atoms with van der Waals surface area (Å²) < 4.78 is 0. The van der Waals surface area contributed by atoms with Gasteiger partial charge in [0.2, 0.25) is 0 Å². The molecular weight excluding hydrogens is 222 g/mol. The molecule has 0 fully saturated rings. The largest absolute Gasteiger partial charge is 0.384 e. The number of hydrogen-bond acceptors (Lipinski definition) is 6. The number of thioether (sulfide) groups is 1. The van der Waals surface area contributed by atoms with Gasteiger partial charge in [-0.25, -0.2) is 19.9 Å². The summed E-state index contributed by atoms with van der Waals surface area (Å²) in [5.41, 5.74) is 6.52. The zero-order valence-electron chi connectivity index (χ0n) is 8.79. The second-order valence-corrected chi connectivity index (χ2v) is 4.18. The van der Waals surface area contributed by atoms with Crippen LogP contribution >= 0.6 is 11.8 Å². The molecule has 2 heterocycles. The van der Waals surface area contributed by atoms with E-state index >= 15 is 0 Å². The highest BCUT2D eigenvalue weighted by Crippen LogP contribution is 2.18. The van der Waals surface area contributed by atoms with E-state index in [1.165, 1.54) is 6.33 Å². The van der Waals surface area contributed by atoms with Gasteiger partial charge in [-0.15, -0.1) is 0 Å². The average Bonchev–Trinajstić information content (AvgIpc) is 2.27. The van der Waals surface area contributed by atoms with Crippen molar-refractivity contribution in [1.82, 2.24) is 19.9 Å². The lowest BCUT2D eigenvalue weighted by Crippen LogP contribution is -2.00. The molecule has 0 aliphatic carbocycles. The molecule has 2 aromatic heterocycles. The summed E-state index contributed by atoms with van der Waals surface area (Å²) in [6.45, 7) is 1.90. The second kappa shape index (κ2) is 4.89. The molecule has 82 valence electrons. The lowest BCUT2D eigenvalue weighted by Gasteiger charge is -2.02. The van der Waals surface area contributed by atoms with Crippen LogP contribution in [0.2, 0.25) is 0 Å². The molecular formula is C10H11N5S. The Morgan fingerprint density at radius 3 is 2.94 bits per heavy atom. The zero-order valence-corrected chi connectivity index (χ0v) is 9.61. The van der Waals surface area contributed by atoms with Crippen LogP contribution < -0.4 is 5.73 Å². The monoisotopic (exact) mass is 233 g/mol. The van der Waals surface area contributed by atoms with Crippen LogP contribution in [0.4, 0.5) is 5.82 Å². The third-order valence-electron chi connectivity index (χ3n) is 1.82. The first-order valence-electron chi connectivity index (χ1n) is 4.73. The van der Waals surface area contributed by atoms with Crippen LogP contribution in [0.1, 0.15) is 11.5 Å². The predicted molar refractivity (Wildman–Crippen MR) is 62.8 cm³/mol. The second-order valence-electron chi connectivity index (χ2n) is 3.19. The Kier molecular flexibility index (Phi) is 3.31. The topological polar surface area (TPSA) is 77.6 Å². The van der Waals surface area contributed by atoms with Crippen molar-refractivity contribution >= 4 is 17.6 Å². The van der Waals surface area contributed by atoms with E-state index in [9.17, 15) is 0 Å². The number of nitrogens with zero attached hydrogens (tertiary/aromatic N) is 4. The Morgan fingerprint density at radius 1 is 1.38 bits per heavy atom. The molecule has 0 radical (unpaired) electrons. The summed E-state index contributed by atoms with van der Waals surface area (Å²) >= 11 is 1.56. The van der Waals surface area contributed by atoms with E-state index < -0.39 is 0 Å². The molecule has 16 heavy (non-hydrogen) atoms. The van der Waals surface area contributed by atoms with Crippen LogP contribution in [-0.4, -0.2) is 19.9 Å². The molecule has 0 saturated carbocycles. The summed E-state index contributed by atoms with van der Waals surface area (Å²) in [5, 5.41) is 0.902. The Hall–Kier alpha value is -1.69. The SMILES string of the molecule is Cc1cc(N)nc(CSc2ccncn2)n1. The van der Waals surface area contributed by atoms with Gasteiger partial charge < -0.3 is 5.73 Å². The Morgan fingerprint density at radius 2 is 2.25 bits per heavy atom. The molecule has 6 heteroatoms. The maximum atomic E-state index is 5.64. The smallest absolute Gasteiger partial charge is 0.141 e. The fourth-order valence-corrected chi connectivity index (χ4v) is 1.91. The molecule has 0 aliphatic rings. The standard InChI is InChI=1S/C10H11N5S/c1-7-4-8(11)15-9(14-7)5-16-10-2-3-12-6-13-10/h2-4,6H,5H2,1H3,(H2,11,14,15). The van der Waals surface area contributed by atoms with E-state index in [1.54, 1.807) is 24.0 Å². The Bertz CT molecular complexity index is 454. The van der Waals surface area contributed by atoms with E-state index in [2.05, 4.69) is 19.9 Å². The minimum absolute atomic E-state index is 0.505. The Labute approximate surface area is 97.6 Å². The zero-order chi connectivity index (χ0) is 11.4. The van der Waals surface area contributed by atoms with Crippen molar-refractivity contribution in [2.75, 3.05) is 5.73 Å². The molecule has 0 saturated heterocycles. The van der Waals surface area contributed by atoms with Gasteiger partial charge in [-0.1, -0.05) is 11.8 Å². The lowest BCUT2D eigenvalue weighted by atomic mass is 10.4. The van der Waals surface area contributed by atoms with Gasteiger partial charge in [0.1, 0.15) is 18.0 Å². The van der Waals surface area contributed by atoms with Crippen LogP contribution in [-0.2, 0) is 5.75 Å². The number of hydrogen-bond donors (Lipinski definition) is 1. The van der Waals surface area contributed by atoms with Gasteiger partial charge in [0.15, 0.2) is 0 Å². The molecule has 5 nitrogen and oxygen atoms in total. The fraction of sp³-hybridized carbons (Fsp3) is 0.200. The number of aromatic nitrogens is 4.